The van der Waals surface area contributed by atoms with Crippen molar-refractivity contribution in [2.75, 3.05) is 6.61 Å². The molecular formula is C16H25NO. The number of hydrogen-bond donors (Lipinski definition) is 2. The maximum atomic E-state index is 9.36. The number of benzene rings is 1. The van der Waals surface area contributed by atoms with Gasteiger partial charge in [0, 0.05) is 18.7 Å². The SMILES string of the molecule is Cc1ccc(C(C)NC2CCCC2CO)cc1C. The Hall–Kier alpha value is -0.860. The van der Waals surface area contributed by atoms with Crippen LogP contribution in [0.1, 0.15) is 48.9 Å². The second-order valence-corrected chi connectivity index (χ2v) is 5.71. The molecule has 0 amide bonds. The molecule has 100 valence electrons. The van der Waals surface area contributed by atoms with Crippen LogP contribution in [0.25, 0.3) is 0 Å². The van der Waals surface area contributed by atoms with Crippen molar-refractivity contribution in [1.29, 1.82) is 0 Å². The van der Waals surface area contributed by atoms with Crippen molar-refractivity contribution in [3.8, 4) is 0 Å². The Labute approximate surface area is 110 Å². The number of aliphatic hydroxyl groups is 1. The molecule has 3 unspecified atom stereocenters. The van der Waals surface area contributed by atoms with E-state index in [4.69, 9.17) is 0 Å². The first-order valence-electron chi connectivity index (χ1n) is 7.06. The zero-order valence-corrected chi connectivity index (χ0v) is 11.7. The number of rotatable bonds is 4. The molecule has 2 rings (SSSR count). The smallest absolute Gasteiger partial charge is 0.0474 e. The highest BCUT2D eigenvalue weighted by atomic mass is 16.3. The van der Waals surface area contributed by atoms with E-state index in [-0.39, 0.29) is 0 Å². The van der Waals surface area contributed by atoms with E-state index in [1.54, 1.807) is 0 Å². The van der Waals surface area contributed by atoms with E-state index < -0.39 is 0 Å². The molecule has 0 aromatic heterocycles. The van der Waals surface area contributed by atoms with Crippen LogP contribution in [-0.4, -0.2) is 17.8 Å². The molecule has 0 saturated heterocycles. The minimum absolute atomic E-state index is 0.317. The van der Waals surface area contributed by atoms with Gasteiger partial charge in [0.1, 0.15) is 0 Å². The molecule has 3 atom stereocenters. The summed E-state index contributed by atoms with van der Waals surface area (Å²) in [7, 11) is 0. The van der Waals surface area contributed by atoms with E-state index in [1.807, 2.05) is 0 Å². The molecule has 2 nitrogen and oxygen atoms in total. The van der Waals surface area contributed by atoms with E-state index >= 15 is 0 Å². The quantitative estimate of drug-likeness (QED) is 0.857. The second kappa shape index (κ2) is 5.85. The highest BCUT2D eigenvalue weighted by Crippen LogP contribution is 2.27. The van der Waals surface area contributed by atoms with Gasteiger partial charge in [0.2, 0.25) is 0 Å². The lowest BCUT2D eigenvalue weighted by atomic mass is 9.99. The van der Waals surface area contributed by atoms with Crippen molar-refractivity contribution in [2.45, 2.75) is 52.1 Å². The molecule has 0 heterocycles. The number of aryl methyl sites for hydroxylation is 2. The van der Waals surface area contributed by atoms with Crippen LogP contribution in [0.2, 0.25) is 0 Å². The molecule has 1 aliphatic carbocycles. The lowest BCUT2D eigenvalue weighted by Gasteiger charge is -2.24. The average Bonchev–Trinajstić information content (AvgIpc) is 2.79. The van der Waals surface area contributed by atoms with Gasteiger partial charge in [-0.2, -0.15) is 0 Å². The predicted octanol–water partition coefficient (Wildman–Crippen LogP) is 3.12. The molecular weight excluding hydrogens is 222 g/mol. The van der Waals surface area contributed by atoms with Gasteiger partial charge in [-0.1, -0.05) is 24.6 Å². The lowest BCUT2D eigenvalue weighted by molar-refractivity contribution is 0.200. The monoisotopic (exact) mass is 247 g/mol. The van der Waals surface area contributed by atoms with Gasteiger partial charge in [0.05, 0.1) is 0 Å². The molecule has 1 aromatic carbocycles. The van der Waals surface area contributed by atoms with E-state index in [0.29, 0.717) is 24.6 Å². The Morgan fingerprint density at radius 2 is 2.06 bits per heavy atom. The van der Waals surface area contributed by atoms with Gasteiger partial charge in [-0.3, -0.25) is 0 Å². The van der Waals surface area contributed by atoms with Crippen LogP contribution in [0.3, 0.4) is 0 Å². The number of nitrogens with one attached hydrogen (secondary N) is 1. The lowest BCUT2D eigenvalue weighted by Crippen LogP contribution is -2.35. The van der Waals surface area contributed by atoms with Gasteiger partial charge >= 0.3 is 0 Å². The van der Waals surface area contributed by atoms with Crippen molar-refractivity contribution in [3.63, 3.8) is 0 Å². The summed E-state index contributed by atoms with van der Waals surface area (Å²) >= 11 is 0. The zero-order valence-electron chi connectivity index (χ0n) is 11.7. The van der Waals surface area contributed by atoms with E-state index in [2.05, 4.69) is 44.3 Å². The second-order valence-electron chi connectivity index (χ2n) is 5.71. The van der Waals surface area contributed by atoms with Gasteiger partial charge in [0.25, 0.3) is 0 Å². The van der Waals surface area contributed by atoms with Crippen molar-refractivity contribution >= 4 is 0 Å². The summed E-state index contributed by atoms with van der Waals surface area (Å²) in [6, 6.07) is 7.52. The fourth-order valence-electron chi connectivity index (χ4n) is 2.93. The maximum Gasteiger partial charge on any atom is 0.0474 e. The van der Waals surface area contributed by atoms with Crippen molar-refractivity contribution in [3.05, 3.63) is 34.9 Å². The Morgan fingerprint density at radius 3 is 2.72 bits per heavy atom. The number of aliphatic hydroxyl groups excluding tert-OH is 1. The van der Waals surface area contributed by atoms with Crippen LogP contribution in [0.5, 0.6) is 0 Å². The number of hydrogen-bond acceptors (Lipinski definition) is 2. The zero-order chi connectivity index (χ0) is 13.1. The highest BCUT2D eigenvalue weighted by Gasteiger charge is 2.27. The molecule has 0 aliphatic heterocycles. The summed E-state index contributed by atoms with van der Waals surface area (Å²) in [6.07, 6.45) is 3.59. The van der Waals surface area contributed by atoms with Crippen LogP contribution in [-0.2, 0) is 0 Å². The Kier molecular flexibility index (Phi) is 4.41. The maximum absolute atomic E-state index is 9.36. The van der Waals surface area contributed by atoms with E-state index in [0.717, 1.165) is 6.42 Å². The molecule has 1 aliphatic rings. The molecule has 0 bridgehead atoms. The Bertz CT molecular complexity index is 402. The molecule has 0 spiro atoms. The standard InChI is InChI=1S/C16H25NO/c1-11-7-8-14(9-12(11)2)13(3)17-16-6-4-5-15(16)10-18/h7-9,13,15-18H,4-6,10H2,1-3H3. The fraction of sp³-hybridized carbons (Fsp3) is 0.625. The predicted molar refractivity (Wildman–Crippen MR) is 75.7 cm³/mol. The highest BCUT2D eigenvalue weighted by molar-refractivity contribution is 5.31. The molecule has 2 heteroatoms. The fourth-order valence-corrected chi connectivity index (χ4v) is 2.93. The minimum atomic E-state index is 0.317. The van der Waals surface area contributed by atoms with E-state index in [9.17, 15) is 5.11 Å². The summed E-state index contributed by atoms with van der Waals surface area (Å²) in [4.78, 5) is 0. The van der Waals surface area contributed by atoms with Crippen LogP contribution < -0.4 is 5.32 Å². The normalized spacial score (nSPS) is 25.3. The van der Waals surface area contributed by atoms with Crippen LogP contribution >= 0.6 is 0 Å². The molecule has 0 radical (unpaired) electrons. The third kappa shape index (κ3) is 2.93. The molecule has 2 N–H and O–H groups in total. The van der Waals surface area contributed by atoms with Gasteiger partial charge in [-0.25, -0.2) is 0 Å². The Morgan fingerprint density at radius 1 is 1.28 bits per heavy atom. The van der Waals surface area contributed by atoms with Crippen LogP contribution in [0, 0.1) is 19.8 Å². The molecule has 18 heavy (non-hydrogen) atoms. The topological polar surface area (TPSA) is 32.3 Å². The van der Waals surface area contributed by atoms with Gasteiger partial charge in [0.15, 0.2) is 0 Å². The minimum Gasteiger partial charge on any atom is -0.396 e. The summed E-state index contributed by atoms with van der Waals surface area (Å²) in [6.45, 7) is 6.85. The summed E-state index contributed by atoms with van der Waals surface area (Å²) < 4.78 is 0. The summed E-state index contributed by atoms with van der Waals surface area (Å²) in [5, 5.41) is 13.0. The van der Waals surface area contributed by atoms with Crippen molar-refractivity contribution < 1.29 is 5.11 Å². The Balaban J connectivity index is 2.02. The average molecular weight is 247 g/mol. The summed E-state index contributed by atoms with van der Waals surface area (Å²) in [5.41, 5.74) is 4.05. The summed E-state index contributed by atoms with van der Waals surface area (Å²) in [5.74, 6) is 0.444. The van der Waals surface area contributed by atoms with Gasteiger partial charge < -0.3 is 10.4 Å². The molecule has 1 fully saturated rings. The van der Waals surface area contributed by atoms with Crippen LogP contribution in [0.4, 0.5) is 0 Å². The molecule has 1 saturated carbocycles. The van der Waals surface area contributed by atoms with Gasteiger partial charge in [-0.05, 0) is 56.2 Å². The third-order valence-corrected chi connectivity index (χ3v) is 4.39. The van der Waals surface area contributed by atoms with Gasteiger partial charge in [-0.15, -0.1) is 0 Å². The first-order chi connectivity index (χ1) is 8.61. The first kappa shape index (κ1) is 13.6. The first-order valence-corrected chi connectivity index (χ1v) is 7.06. The van der Waals surface area contributed by atoms with Crippen LogP contribution in [0.15, 0.2) is 18.2 Å². The van der Waals surface area contributed by atoms with Crippen molar-refractivity contribution in [2.24, 2.45) is 5.92 Å². The van der Waals surface area contributed by atoms with E-state index in [1.165, 1.54) is 29.5 Å². The van der Waals surface area contributed by atoms with Crippen molar-refractivity contribution in [1.82, 2.24) is 5.32 Å². The largest absolute Gasteiger partial charge is 0.396 e. The molecule has 1 aromatic rings. The third-order valence-electron chi connectivity index (χ3n) is 4.39.